The van der Waals surface area contributed by atoms with E-state index in [0.717, 1.165) is 6.04 Å². The van der Waals surface area contributed by atoms with Crippen LogP contribution in [0.1, 0.15) is 12.8 Å². The van der Waals surface area contributed by atoms with Crippen LogP contribution in [-0.4, -0.2) is 25.3 Å². The molecule has 2 heterocycles. The molecular weight excluding hydrogens is 102 g/mol. The summed E-state index contributed by atoms with van der Waals surface area (Å²) in [6.07, 6.45) is 3.11. The van der Waals surface area contributed by atoms with Crippen molar-refractivity contribution in [2.45, 2.75) is 31.0 Å². The fraction of sp³-hybridized carbons (Fsp3) is 1.00. The van der Waals surface area contributed by atoms with Crippen LogP contribution in [0.5, 0.6) is 0 Å². The zero-order chi connectivity index (χ0) is 5.56. The van der Waals surface area contributed by atoms with Crippen molar-refractivity contribution < 1.29 is 4.74 Å². The Morgan fingerprint density at radius 2 is 2.25 bits per heavy atom. The Morgan fingerprint density at radius 3 is 2.50 bits per heavy atom. The zero-order valence-electron chi connectivity index (χ0n) is 5.05. The van der Waals surface area contributed by atoms with Crippen LogP contribution in [0.3, 0.4) is 0 Å². The normalized spacial score (nSPS) is 51.4. The smallest absolute Gasteiger partial charge is 0.0739 e. The van der Waals surface area contributed by atoms with E-state index in [1.807, 2.05) is 0 Å². The maximum Gasteiger partial charge on any atom is 0.0739 e. The first-order valence-electron chi connectivity index (χ1n) is 3.19. The summed E-state index contributed by atoms with van der Waals surface area (Å²) in [7, 11) is 1.80. The van der Waals surface area contributed by atoms with E-state index in [1.54, 1.807) is 7.11 Å². The fourth-order valence-electron chi connectivity index (χ4n) is 1.71. The van der Waals surface area contributed by atoms with Gasteiger partial charge in [-0.2, -0.15) is 0 Å². The fourth-order valence-corrected chi connectivity index (χ4v) is 1.71. The number of hydrogen-bond acceptors (Lipinski definition) is 2. The Morgan fingerprint density at radius 1 is 1.50 bits per heavy atom. The summed E-state index contributed by atoms with van der Waals surface area (Å²) in [5.41, 5.74) is 0. The van der Waals surface area contributed by atoms with Crippen LogP contribution in [0, 0.1) is 0 Å². The minimum atomic E-state index is 0.528. The van der Waals surface area contributed by atoms with Crippen molar-refractivity contribution in [3.05, 3.63) is 0 Å². The average Bonchev–Trinajstić information content (AvgIpc) is 2.15. The lowest BCUT2D eigenvalue weighted by atomic mass is 10.1. The molecule has 2 aliphatic heterocycles. The van der Waals surface area contributed by atoms with Crippen LogP contribution in [0.15, 0.2) is 0 Å². The van der Waals surface area contributed by atoms with E-state index >= 15 is 0 Å². The van der Waals surface area contributed by atoms with Crippen LogP contribution in [0.25, 0.3) is 0 Å². The number of fused-ring (bicyclic) bond motifs is 1. The summed E-state index contributed by atoms with van der Waals surface area (Å²) >= 11 is 0. The molecule has 0 unspecified atom stereocenters. The van der Waals surface area contributed by atoms with Gasteiger partial charge < -0.3 is 10.1 Å². The van der Waals surface area contributed by atoms with Crippen LogP contribution in [0.4, 0.5) is 0 Å². The summed E-state index contributed by atoms with van der Waals surface area (Å²) in [6, 6.07) is 1.50. The first-order valence-corrected chi connectivity index (χ1v) is 3.19. The van der Waals surface area contributed by atoms with Crippen molar-refractivity contribution in [3.63, 3.8) is 0 Å². The van der Waals surface area contributed by atoms with Gasteiger partial charge >= 0.3 is 0 Å². The summed E-state index contributed by atoms with van der Waals surface area (Å²) in [5, 5.41) is 3.39. The molecule has 2 heteroatoms. The predicted molar refractivity (Wildman–Crippen MR) is 30.7 cm³/mol. The second-order valence-corrected chi connectivity index (χ2v) is 2.72. The molecule has 0 radical (unpaired) electrons. The van der Waals surface area contributed by atoms with E-state index < -0.39 is 0 Å². The highest BCUT2D eigenvalue weighted by Gasteiger charge is 2.43. The Hall–Kier alpha value is -0.0800. The minimum absolute atomic E-state index is 0.528. The Bertz CT molecular complexity index is 98.7. The molecule has 2 bridgehead atoms. The van der Waals surface area contributed by atoms with Crippen LogP contribution < -0.4 is 5.32 Å². The predicted octanol–water partition coefficient (Wildman–Crippen LogP) is 0.136. The lowest BCUT2D eigenvalue weighted by molar-refractivity contribution is 0.0968. The number of methoxy groups -OCH3 is 1. The monoisotopic (exact) mass is 113 g/mol. The topological polar surface area (TPSA) is 21.3 Å². The summed E-state index contributed by atoms with van der Waals surface area (Å²) in [6.45, 7) is 0. The minimum Gasteiger partial charge on any atom is -0.380 e. The molecule has 46 valence electrons. The first-order chi connectivity index (χ1) is 3.90. The van der Waals surface area contributed by atoms with Crippen molar-refractivity contribution >= 4 is 0 Å². The van der Waals surface area contributed by atoms with Crippen LogP contribution in [-0.2, 0) is 4.74 Å². The largest absolute Gasteiger partial charge is 0.380 e. The SMILES string of the molecule is CO[C@H]1C[C@@H]2C[C@H]1N2. The molecule has 3 aliphatic rings. The third-order valence-electron chi connectivity index (χ3n) is 2.26. The second-order valence-electron chi connectivity index (χ2n) is 2.72. The molecule has 0 aromatic heterocycles. The number of ether oxygens (including phenoxy) is 1. The van der Waals surface area contributed by atoms with E-state index in [4.69, 9.17) is 4.74 Å². The van der Waals surface area contributed by atoms with Crippen molar-refractivity contribution in [2.24, 2.45) is 0 Å². The number of rotatable bonds is 1. The van der Waals surface area contributed by atoms with Crippen molar-refractivity contribution in [1.29, 1.82) is 0 Å². The highest BCUT2D eigenvalue weighted by Crippen LogP contribution is 2.31. The van der Waals surface area contributed by atoms with E-state index in [1.165, 1.54) is 12.8 Å². The van der Waals surface area contributed by atoms with Gasteiger partial charge in [0.2, 0.25) is 0 Å². The lowest BCUT2D eigenvalue weighted by Crippen LogP contribution is -2.46. The maximum atomic E-state index is 5.20. The third kappa shape index (κ3) is 0.446. The van der Waals surface area contributed by atoms with Gasteiger partial charge in [-0.15, -0.1) is 0 Å². The molecule has 3 fully saturated rings. The molecule has 3 rings (SSSR count). The molecule has 1 aliphatic carbocycles. The number of hydrogen-bond donors (Lipinski definition) is 1. The first kappa shape index (κ1) is 4.77. The summed E-state index contributed by atoms with van der Waals surface area (Å²) in [4.78, 5) is 0. The van der Waals surface area contributed by atoms with Crippen molar-refractivity contribution in [2.75, 3.05) is 7.11 Å². The highest BCUT2D eigenvalue weighted by atomic mass is 16.5. The second kappa shape index (κ2) is 1.45. The molecule has 0 spiro atoms. The van der Waals surface area contributed by atoms with E-state index in [2.05, 4.69) is 5.32 Å². The van der Waals surface area contributed by atoms with Crippen molar-refractivity contribution in [1.82, 2.24) is 5.32 Å². The third-order valence-corrected chi connectivity index (χ3v) is 2.26. The lowest BCUT2D eigenvalue weighted by Gasteiger charge is -2.26. The molecule has 3 atom stereocenters. The van der Waals surface area contributed by atoms with E-state index in [0.29, 0.717) is 12.1 Å². The molecule has 2 nitrogen and oxygen atoms in total. The summed E-state index contributed by atoms with van der Waals surface area (Å²) < 4.78 is 5.20. The Labute approximate surface area is 49.2 Å². The molecule has 1 saturated carbocycles. The zero-order valence-corrected chi connectivity index (χ0v) is 5.05. The Balaban J connectivity index is 2.00. The van der Waals surface area contributed by atoms with Gasteiger partial charge in [-0.05, 0) is 12.8 Å². The van der Waals surface area contributed by atoms with Gasteiger partial charge in [0.05, 0.1) is 6.10 Å². The van der Waals surface area contributed by atoms with Gasteiger partial charge in [0.1, 0.15) is 0 Å². The molecule has 0 amide bonds. The quantitative estimate of drug-likeness (QED) is 0.522. The molecular formula is C6H11NO. The molecule has 0 aromatic rings. The Kier molecular flexibility index (Phi) is 0.866. The van der Waals surface area contributed by atoms with Gasteiger partial charge in [-0.3, -0.25) is 0 Å². The molecule has 8 heavy (non-hydrogen) atoms. The molecule has 1 N–H and O–H groups in total. The van der Waals surface area contributed by atoms with E-state index in [9.17, 15) is 0 Å². The van der Waals surface area contributed by atoms with Crippen LogP contribution >= 0.6 is 0 Å². The van der Waals surface area contributed by atoms with Gasteiger partial charge in [-0.1, -0.05) is 0 Å². The van der Waals surface area contributed by atoms with E-state index in [-0.39, 0.29) is 0 Å². The van der Waals surface area contributed by atoms with Gasteiger partial charge in [0, 0.05) is 19.2 Å². The van der Waals surface area contributed by atoms with Gasteiger partial charge in [0.15, 0.2) is 0 Å². The maximum absolute atomic E-state index is 5.20. The van der Waals surface area contributed by atoms with Gasteiger partial charge in [-0.25, -0.2) is 0 Å². The van der Waals surface area contributed by atoms with Gasteiger partial charge in [0.25, 0.3) is 0 Å². The average molecular weight is 113 g/mol. The number of nitrogens with one attached hydrogen (secondary N) is 1. The highest BCUT2D eigenvalue weighted by molar-refractivity contribution is 5.03. The van der Waals surface area contributed by atoms with Crippen molar-refractivity contribution in [3.8, 4) is 0 Å². The molecule has 0 aromatic carbocycles. The standard InChI is InChI=1S/C6H11NO/c1-8-6-3-4-2-5(6)7-4/h4-7H,2-3H2,1H3/t4-,5+,6-/m0/s1. The van der Waals surface area contributed by atoms with Crippen LogP contribution in [0.2, 0.25) is 0 Å². The summed E-state index contributed by atoms with van der Waals surface area (Å²) in [5.74, 6) is 0. The molecule has 2 saturated heterocycles.